The average Bonchev–Trinajstić information content (AvgIpc) is 3.35. The summed E-state index contributed by atoms with van der Waals surface area (Å²) in [6, 6.07) is 9.90. The van der Waals surface area contributed by atoms with Crippen LogP contribution >= 0.6 is 0 Å². The number of ether oxygens (including phenoxy) is 2. The van der Waals surface area contributed by atoms with Crippen molar-refractivity contribution in [3.8, 4) is 5.75 Å². The van der Waals surface area contributed by atoms with Gasteiger partial charge >= 0.3 is 11.6 Å². The van der Waals surface area contributed by atoms with E-state index >= 15 is 0 Å². The molecule has 1 amide bonds. The first-order chi connectivity index (χ1) is 14.0. The van der Waals surface area contributed by atoms with Crippen LogP contribution in [0, 0.1) is 5.92 Å². The van der Waals surface area contributed by atoms with Crippen LogP contribution in [0.3, 0.4) is 0 Å². The van der Waals surface area contributed by atoms with Gasteiger partial charge in [0.1, 0.15) is 23.7 Å². The Morgan fingerprint density at radius 3 is 2.86 bits per heavy atom. The summed E-state index contributed by atoms with van der Waals surface area (Å²) in [5.74, 6) is 0.0570. The summed E-state index contributed by atoms with van der Waals surface area (Å²) < 4.78 is 21.0. The van der Waals surface area contributed by atoms with Crippen molar-refractivity contribution in [1.82, 2.24) is 4.90 Å². The SMILES string of the molecule is COc1ccc2c(COC(=O)[C@H]3CC(=O)N(Cc4ccco4)C3)cc(=O)oc2c1. The minimum atomic E-state index is -0.552. The van der Waals surface area contributed by atoms with E-state index in [1.807, 2.05) is 0 Å². The molecule has 1 atom stereocenters. The highest BCUT2D eigenvalue weighted by molar-refractivity contribution is 5.87. The molecule has 1 saturated heterocycles. The number of benzene rings is 1. The topological polar surface area (TPSA) is 99.2 Å². The number of methoxy groups -OCH3 is 1. The molecule has 8 nitrogen and oxygen atoms in total. The van der Waals surface area contributed by atoms with Gasteiger partial charge in [-0.25, -0.2) is 4.79 Å². The van der Waals surface area contributed by atoms with Crippen LogP contribution in [0.5, 0.6) is 5.75 Å². The summed E-state index contributed by atoms with van der Waals surface area (Å²) in [4.78, 5) is 38.1. The Morgan fingerprint density at radius 2 is 2.10 bits per heavy atom. The molecular weight excluding hydrogens is 378 g/mol. The van der Waals surface area contributed by atoms with Crippen LogP contribution in [0.2, 0.25) is 0 Å². The maximum absolute atomic E-state index is 12.5. The van der Waals surface area contributed by atoms with Crippen molar-refractivity contribution in [3.05, 3.63) is 64.4 Å². The van der Waals surface area contributed by atoms with Crippen molar-refractivity contribution in [3.63, 3.8) is 0 Å². The summed E-state index contributed by atoms with van der Waals surface area (Å²) >= 11 is 0. The number of furan rings is 1. The van der Waals surface area contributed by atoms with Crippen molar-refractivity contribution in [2.45, 2.75) is 19.6 Å². The Bertz CT molecular complexity index is 1100. The fourth-order valence-corrected chi connectivity index (χ4v) is 3.40. The lowest BCUT2D eigenvalue weighted by Crippen LogP contribution is -2.26. The second-order valence-corrected chi connectivity index (χ2v) is 6.82. The molecule has 8 heteroatoms. The third-order valence-electron chi connectivity index (χ3n) is 4.88. The zero-order valence-corrected chi connectivity index (χ0v) is 15.8. The fourth-order valence-electron chi connectivity index (χ4n) is 3.40. The van der Waals surface area contributed by atoms with Gasteiger partial charge in [0.05, 0.1) is 25.8 Å². The number of hydrogen-bond acceptors (Lipinski definition) is 7. The molecule has 0 unspecified atom stereocenters. The fraction of sp³-hybridized carbons (Fsp3) is 0.286. The van der Waals surface area contributed by atoms with Crippen molar-refractivity contribution in [2.24, 2.45) is 5.92 Å². The molecule has 0 aliphatic carbocycles. The number of nitrogens with zero attached hydrogens (tertiary/aromatic N) is 1. The van der Waals surface area contributed by atoms with Gasteiger partial charge < -0.3 is 23.2 Å². The molecule has 0 bridgehead atoms. The van der Waals surface area contributed by atoms with E-state index in [1.165, 1.54) is 19.4 Å². The number of hydrogen-bond donors (Lipinski definition) is 0. The molecule has 0 spiro atoms. The van der Waals surface area contributed by atoms with Crippen molar-refractivity contribution in [1.29, 1.82) is 0 Å². The molecule has 0 N–H and O–H groups in total. The van der Waals surface area contributed by atoms with E-state index in [4.69, 9.17) is 18.3 Å². The summed E-state index contributed by atoms with van der Waals surface area (Å²) in [6.45, 7) is 0.505. The molecule has 150 valence electrons. The number of carbonyl (C=O) groups excluding carboxylic acids is 2. The van der Waals surface area contributed by atoms with Gasteiger partial charge in [-0.3, -0.25) is 9.59 Å². The first-order valence-electron chi connectivity index (χ1n) is 9.11. The molecule has 1 aromatic carbocycles. The third-order valence-corrected chi connectivity index (χ3v) is 4.88. The second-order valence-electron chi connectivity index (χ2n) is 6.82. The molecule has 3 aromatic rings. The molecule has 0 saturated carbocycles. The minimum Gasteiger partial charge on any atom is -0.497 e. The zero-order chi connectivity index (χ0) is 20.4. The first-order valence-corrected chi connectivity index (χ1v) is 9.11. The summed E-state index contributed by atoms with van der Waals surface area (Å²) in [6.07, 6.45) is 1.63. The van der Waals surface area contributed by atoms with Gasteiger partial charge in [-0.1, -0.05) is 0 Å². The molecule has 1 fully saturated rings. The first kappa shape index (κ1) is 18.8. The number of likely N-dealkylation sites (tertiary alicyclic amines) is 1. The minimum absolute atomic E-state index is 0.0872. The molecule has 4 rings (SSSR count). The van der Waals surface area contributed by atoms with Gasteiger partial charge in [-0.2, -0.15) is 0 Å². The van der Waals surface area contributed by atoms with E-state index in [0.29, 0.717) is 34.6 Å². The normalized spacial score (nSPS) is 16.4. The van der Waals surface area contributed by atoms with E-state index in [1.54, 1.807) is 35.2 Å². The van der Waals surface area contributed by atoms with Gasteiger partial charge in [0.15, 0.2) is 0 Å². The second kappa shape index (κ2) is 7.83. The van der Waals surface area contributed by atoms with Crippen LogP contribution in [0.1, 0.15) is 17.7 Å². The third kappa shape index (κ3) is 4.01. The highest BCUT2D eigenvalue weighted by atomic mass is 16.5. The molecule has 1 aliphatic rings. The number of rotatable bonds is 6. The highest BCUT2D eigenvalue weighted by Gasteiger charge is 2.35. The Labute approximate surface area is 165 Å². The molecule has 29 heavy (non-hydrogen) atoms. The monoisotopic (exact) mass is 397 g/mol. The van der Waals surface area contributed by atoms with E-state index in [-0.39, 0.29) is 25.5 Å². The number of amides is 1. The predicted octanol–water partition coefficient (Wildman–Crippen LogP) is 2.49. The van der Waals surface area contributed by atoms with Crippen molar-refractivity contribution < 1.29 is 27.9 Å². The van der Waals surface area contributed by atoms with E-state index < -0.39 is 17.5 Å². The van der Waals surface area contributed by atoms with Crippen LogP contribution in [-0.4, -0.2) is 30.4 Å². The van der Waals surface area contributed by atoms with Gasteiger partial charge in [0, 0.05) is 36.0 Å². The van der Waals surface area contributed by atoms with E-state index in [2.05, 4.69) is 0 Å². The lowest BCUT2D eigenvalue weighted by atomic mass is 10.1. The van der Waals surface area contributed by atoms with Crippen LogP contribution in [0.4, 0.5) is 0 Å². The van der Waals surface area contributed by atoms with Gasteiger partial charge in [0.2, 0.25) is 5.91 Å². The molecule has 1 aliphatic heterocycles. The van der Waals surface area contributed by atoms with E-state index in [0.717, 1.165) is 0 Å². The Kier molecular flexibility index (Phi) is 5.07. The Hall–Kier alpha value is -3.55. The van der Waals surface area contributed by atoms with Crippen LogP contribution in [-0.2, 0) is 27.5 Å². The lowest BCUT2D eigenvalue weighted by Gasteiger charge is -2.15. The Balaban J connectivity index is 1.43. The number of esters is 1. The number of carbonyl (C=O) groups is 2. The summed E-state index contributed by atoms with van der Waals surface area (Å²) in [5, 5.41) is 0.653. The molecule has 0 radical (unpaired) electrons. The lowest BCUT2D eigenvalue weighted by molar-refractivity contribution is -0.149. The largest absolute Gasteiger partial charge is 0.497 e. The Morgan fingerprint density at radius 1 is 1.24 bits per heavy atom. The van der Waals surface area contributed by atoms with Crippen LogP contribution in [0.15, 0.2) is 56.3 Å². The van der Waals surface area contributed by atoms with Crippen LogP contribution < -0.4 is 10.4 Å². The molecule has 3 heterocycles. The molecule has 2 aromatic heterocycles. The maximum atomic E-state index is 12.5. The average molecular weight is 397 g/mol. The quantitative estimate of drug-likeness (QED) is 0.465. The zero-order valence-electron chi connectivity index (χ0n) is 15.8. The van der Waals surface area contributed by atoms with Gasteiger partial charge in [-0.05, 0) is 24.3 Å². The highest BCUT2D eigenvalue weighted by Crippen LogP contribution is 2.25. The smallest absolute Gasteiger partial charge is 0.336 e. The van der Waals surface area contributed by atoms with Crippen molar-refractivity contribution >= 4 is 22.8 Å². The number of fused-ring (bicyclic) bond motifs is 1. The standard InChI is InChI=1S/C21H19NO7/c1-26-15-4-5-17-14(8-20(24)29-18(17)9-15)12-28-21(25)13-7-19(23)22(10-13)11-16-3-2-6-27-16/h2-6,8-9,13H,7,10-12H2,1H3/t13-/m0/s1. The maximum Gasteiger partial charge on any atom is 0.336 e. The summed E-state index contributed by atoms with van der Waals surface area (Å²) in [5.41, 5.74) is 0.338. The molecular formula is C21H19NO7. The van der Waals surface area contributed by atoms with Gasteiger partial charge in [-0.15, -0.1) is 0 Å². The summed E-state index contributed by atoms with van der Waals surface area (Å²) in [7, 11) is 1.52. The van der Waals surface area contributed by atoms with E-state index in [9.17, 15) is 14.4 Å². The van der Waals surface area contributed by atoms with Crippen molar-refractivity contribution in [2.75, 3.05) is 13.7 Å². The van der Waals surface area contributed by atoms with Gasteiger partial charge in [0.25, 0.3) is 0 Å². The van der Waals surface area contributed by atoms with Crippen LogP contribution in [0.25, 0.3) is 11.0 Å². The predicted molar refractivity (Wildman–Crippen MR) is 101 cm³/mol.